The van der Waals surface area contributed by atoms with Gasteiger partial charge in [-0.25, -0.2) is 0 Å². The highest BCUT2D eigenvalue weighted by molar-refractivity contribution is 5.78. The second-order valence-electron chi connectivity index (χ2n) is 7.23. The summed E-state index contributed by atoms with van der Waals surface area (Å²) in [6.45, 7) is 7.91. The highest BCUT2D eigenvalue weighted by atomic mass is 16.1. The highest BCUT2D eigenvalue weighted by Crippen LogP contribution is 2.22. The molecule has 1 aromatic carbocycles. The van der Waals surface area contributed by atoms with Gasteiger partial charge in [0.1, 0.15) is 5.82 Å². The predicted octanol–water partition coefficient (Wildman–Crippen LogP) is 2.06. The van der Waals surface area contributed by atoms with Crippen molar-refractivity contribution in [3.8, 4) is 0 Å². The van der Waals surface area contributed by atoms with Crippen molar-refractivity contribution in [1.82, 2.24) is 25.4 Å². The van der Waals surface area contributed by atoms with Gasteiger partial charge in [0.05, 0.1) is 12.1 Å². The molecule has 0 radical (unpaired) electrons. The zero-order valence-corrected chi connectivity index (χ0v) is 15.3. The molecule has 0 bridgehead atoms. The number of nitrogens with zero attached hydrogens (tertiary/aromatic N) is 3. The normalized spacial score (nSPS) is 14.2. The van der Waals surface area contributed by atoms with Crippen LogP contribution in [0.3, 0.4) is 0 Å². The summed E-state index contributed by atoms with van der Waals surface area (Å²) in [6, 6.07) is 8.08. The fraction of sp³-hybridized carbons (Fsp3) is 0.526. The van der Waals surface area contributed by atoms with Crippen LogP contribution in [0.1, 0.15) is 49.5 Å². The molecule has 0 aliphatic carbocycles. The third-order valence-electron chi connectivity index (χ3n) is 4.85. The Labute approximate surface area is 149 Å². The zero-order valence-electron chi connectivity index (χ0n) is 15.3. The van der Waals surface area contributed by atoms with Crippen molar-refractivity contribution in [2.45, 2.75) is 58.7 Å². The van der Waals surface area contributed by atoms with Gasteiger partial charge in [-0.15, -0.1) is 10.2 Å². The van der Waals surface area contributed by atoms with E-state index in [-0.39, 0.29) is 12.5 Å². The number of benzene rings is 1. The van der Waals surface area contributed by atoms with Gasteiger partial charge in [-0.05, 0) is 44.7 Å². The van der Waals surface area contributed by atoms with Gasteiger partial charge >= 0.3 is 0 Å². The lowest BCUT2D eigenvalue weighted by Crippen LogP contribution is -2.45. The summed E-state index contributed by atoms with van der Waals surface area (Å²) in [5.74, 6) is 1.95. The third-order valence-corrected chi connectivity index (χ3v) is 4.85. The Morgan fingerprint density at radius 3 is 2.84 bits per heavy atom. The first-order valence-electron chi connectivity index (χ1n) is 8.96. The zero-order chi connectivity index (χ0) is 17.9. The second kappa shape index (κ2) is 7.35. The maximum Gasteiger partial charge on any atom is 0.234 e. The van der Waals surface area contributed by atoms with E-state index in [1.165, 1.54) is 12.0 Å². The second-order valence-corrected chi connectivity index (χ2v) is 7.23. The van der Waals surface area contributed by atoms with E-state index in [1.807, 2.05) is 32.0 Å². The summed E-state index contributed by atoms with van der Waals surface area (Å²) in [5, 5.41) is 15.0. The average Bonchev–Trinajstić information content (AvgIpc) is 3.04. The van der Waals surface area contributed by atoms with Crippen molar-refractivity contribution in [3.05, 3.63) is 47.0 Å². The Morgan fingerprint density at radius 2 is 2.04 bits per heavy atom. The maximum atomic E-state index is 12.2. The largest absolute Gasteiger partial charge is 0.351 e. The number of aromatic nitrogens is 3. The van der Waals surface area contributed by atoms with E-state index in [0.717, 1.165) is 36.6 Å². The predicted molar refractivity (Wildman–Crippen MR) is 97.0 cm³/mol. The van der Waals surface area contributed by atoms with Crippen molar-refractivity contribution < 1.29 is 4.79 Å². The number of carbonyl (C=O) groups excluding carboxylic acids is 1. The molecule has 0 saturated carbocycles. The van der Waals surface area contributed by atoms with Gasteiger partial charge in [0.15, 0.2) is 5.82 Å². The molecule has 25 heavy (non-hydrogen) atoms. The molecule has 2 aromatic rings. The van der Waals surface area contributed by atoms with E-state index in [9.17, 15) is 4.79 Å². The molecule has 134 valence electrons. The lowest BCUT2D eigenvalue weighted by Gasteiger charge is -2.27. The molecule has 6 nitrogen and oxygen atoms in total. The minimum atomic E-state index is -0.400. The van der Waals surface area contributed by atoms with Gasteiger partial charge in [0.2, 0.25) is 5.91 Å². The lowest BCUT2D eigenvalue weighted by molar-refractivity contribution is -0.120. The van der Waals surface area contributed by atoms with Crippen LogP contribution >= 0.6 is 0 Å². The molecular formula is C19H27N5O. The molecule has 1 aromatic heterocycles. The van der Waals surface area contributed by atoms with Gasteiger partial charge in [-0.3, -0.25) is 10.1 Å². The summed E-state index contributed by atoms with van der Waals surface area (Å²) >= 11 is 0. The SMILES string of the molecule is Cc1ccccc1CNC(=O)CNC(C)(C)c1nnc2n1CCCC2. The Hall–Kier alpha value is -2.21. The molecule has 0 saturated heterocycles. The van der Waals surface area contributed by atoms with Crippen LogP contribution in [0.25, 0.3) is 0 Å². The van der Waals surface area contributed by atoms with Gasteiger partial charge in [-0.2, -0.15) is 0 Å². The van der Waals surface area contributed by atoms with E-state index in [4.69, 9.17) is 0 Å². The third kappa shape index (κ3) is 4.07. The lowest BCUT2D eigenvalue weighted by atomic mass is 10.0. The van der Waals surface area contributed by atoms with Crippen LogP contribution in [0.15, 0.2) is 24.3 Å². The van der Waals surface area contributed by atoms with Gasteiger partial charge < -0.3 is 9.88 Å². The minimum Gasteiger partial charge on any atom is -0.351 e. The Kier molecular flexibility index (Phi) is 5.18. The molecule has 2 N–H and O–H groups in total. The first-order chi connectivity index (χ1) is 12.0. The monoisotopic (exact) mass is 341 g/mol. The molecule has 1 amide bonds. The molecule has 2 heterocycles. The van der Waals surface area contributed by atoms with Crippen molar-refractivity contribution in [2.24, 2.45) is 0 Å². The van der Waals surface area contributed by atoms with Crippen molar-refractivity contribution >= 4 is 5.91 Å². The van der Waals surface area contributed by atoms with E-state index in [2.05, 4.69) is 38.4 Å². The van der Waals surface area contributed by atoms with Gasteiger partial charge in [0, 0.05) is 19.5 Å². The smallest absolute Gasteiger partial charge is 0.234 e. The number of fused-ring (bicyclic) bond motifs is 1. The van der Waals surface area contributed by atoms with Crippen LogP contribution in [0.5, 0.6) is 0 Å². The van der Waals surface area contributed by atoms with Gasteiger partial charge in [0.25, 0.3) is 0 Å². The fourth-order valence-electron chi connectivity index (χ4n) is 3.22. The molecule has 0 atom stereocenters. The van der Waals surface area contributed by atoms with Crippen LogP contribution in [0.2, 0.25) is 0 Å². The van der Waals surface area contributed by atoms with E-state index in [0.29, 0.717) is 6.54 Å². The number of amides is 1. The van der Waals surface area contributed by atoms with Crippen molar-refractivity contribution in [1.29, 1.82) is 0 Å². The van der Waals surface area contributed by atoms with Crippen molar-refractivity contribution in [3.63, 3.8) is 0 Å². The molecule has 0 spiro atoms. The minimum absolute atomic E-state index is 0.0188. The average molecular weight is 341 g/mol. The number of nitrogens with one attached hydrogen (secondary N) is 2. The quantitative estimate of drug-likeness (QED) is 0.844. The van der Waals surface area contributed by atoms with Crippen LogP contribution in [0.4, 0.5) is 0 Å². The topological polar surface area (TPSA) is 71.8 Å². The van der Waals surface area contributed by atoms with E-state index < -0.39 is 5.54 Å². The molecule has 0 fully saturated rings. The summed E-state index contributed by atoms with van der Waals surface area (Å²) in [5.41, 5.74) is 1.93. The number of carbonyl (C=O) groups is 1. The summed E-state index contributed by atoms with van der Waals surface area (Å²) in [4.78, 5) is 12.2. The molecule has 0 unspecified atom stereocenters. The molecule has 3 rings (SSSR count). The van der Waals surface area contributed by atoms with Gasteiger partial charge in [-0.1, -0.05) is 24.3 Å². The Morgan fingerprint density at radius 1 is 1.24 bits per heavy atom. The molecular weight excluding hydrogens is 314 g/mol. The Balaban J connectivity index is 1.56. The fourth-order valence-corrected chi connectivity index (χ4v) is 3.22. The highest BCUT2D eigenvalue weighted by Gasteiger charge is 2.29. The number of aryl methyl sites for hydroxylation is 2. The Bertz CT molecular complexity index is 750. The molecule has 1 aliphatic heterocycles. The first-order valence-corrected chi connectivity index (χ1v) is 8.96. The van der Waals surface area contributed by atoms with E-state index in [1.54, 1.807) is 0 Å². The van der Waals surface area contributed by atoms with Crippen LogP contribution < -0.4 is 10.6 Å². The molecule has 6 heteroatoms. The van der Waals surface area contributed by atoms with E-state index >= 15 is 0 Å². The first kappa shape index (κ1) is 17.6. The summed E-state index contributed by atoms with van der Waals surface area (Å²) < 4.78 is 2.20. The van der Waals surface area contributed by atoms with Crippen LogP contribution in [-0.4, -0.2) is 27.2 Å². The summed E-state index contributed by atoms with van der Waals surface area (Å²) in [6.07, 6.45) is 3.32. The van der Waals surface area contributed by atoms with Crippen molar-refractivity contribution in [2.75, 3.05) is 6.54 Å². The number of hydrogen-bond acceptors (Lipinski definition) is 4. The number of hydrogen-bond donors (Lipinski definition) is 2. The van der Waals surface area contributed by atoms with Crippen LogP contribution in [-0.2, 0) is 29.8 Å². The number of rotatable bonds is 6. The maximum absolute atomic E-state index is 12.2. The standard InChI is InChI=1S/C19H27N5O/c1-14-8-4-5-9-15(14)12-20-17(25)13-21-19(2,3)18-23-22-16-10-6-7-11-24(16)18/h4-5,8-9,21H,6-7,10-13H2,1-3H3,(H,20,25). The van der Waals surface area contributed by atoms with Crippen LogP contribution in [0, 0.1) is 6.92 Å². The molecule has 1 aliphatic rings. The summed E-state index contributed by atoms with van der Waals surface area (Å²) in [7, 11) is 0.